The fraction of sp³-hybridized carbons (Fsp3) is 0.211. The molecule has 1 aliphatic heterocycles. The van der Waals surface area contributed by atoms with Crippen LogP contribution in [-0.4, -0.2) is 50.7 Å². The summed E-state index contributed by atoms with van der Waals surface area (Å²) < 4.78 is 23.2. The minimum atomic E-state index is -3.30. The number of carbonyl (C=O) groups is 1. The molecule has 138 valence electrons. The second kappa shape index (κ2) is 6.31. The van der Waals surface area contributed by atoms with Gasteiger partial charge < -0.3 is 4.90 Å². The highest BCUT2D eigenvalue weighted by Crippen LogP contribution is 2.31. The van der Waals surface area contributed by atoms with Gasteiger partial charge in [-0.15, -0.1) is 0 Å². The molecule has 1 aromatic heterocycles. The van der Waals surface area contributed by atoms with Crippen molar-refractivity contribution < 1.29 is 13.2 Å². The lowest BCUT2D eigenvalue weighted by molar-refractivity contribution is 0.0986. The van der Waals surface area contributed by atoms with Gasteiger partial charge in [0.2, 0.25) is 0 Å². The first-order valence-electron chi connectivity index (χ1n) is 8.44. The minimum absolute atomic E-state index is 0.184. The highest BCUT2D eigenvalue weighted by Gasteiger charge is 2.29. The fourth-order valence-electron chi connectivity index (χ4n) is 3.08. The summed E-state index contributed by atoms with van der Waals surface area (Å²) in [4.78, 5) is 26.1. The SMILES string of the molecule is CN1CCN(C(=O)c2ccc(S(C)(=O)=O)cc2)c2nc3ccccc3nc21. The topological polar surface area (TPSA) is 83.5 Å². The molecule has 0 atom stereocenters. The molecule has 0 bridgehead atoms. The molecule has 3 aromatic rings. The summed E-state index contributed by atoms with van der Waals surface area (Å²) in [6, 6.07) is 13.5. The summed E-state index contributed by atoms with van der Waals surface area (Å²) in [6.45, 7) is 1.11. The van der Waals surface area contributed by atoms with Gasteiger partial charge in [-0.1, -0.05) is 12.1 Å². The first-order valence-corrected chi connectivity index (χ1v) is 10.3. The third-order valence-electron chi connectivity index (χ3n) is 4.59. The molecule has 27 heavy (non-hydrogen) atoms. The van der Waals surface area contributed by atoms with Crippen molar-refractivity contribution in [1.29, 1.82) is 0 Å². The standard InChI is InChI=1S/C19H18N4O3S/c1-22-11-12-23(18-17(22)20-15-5-3-4-6-16(15)21-18)19(24)13-7-9-14(10-8-13)27(2,25)26/h3-10H,11-12H2,1-2H3. The van der Waals surface area contributed by atoms with Crippen molar-refractivity contribution in [2.24, 2.45) is 0 Å². The van der Waals surface area contributed by atoms with Gasteiger partial charge in [0.15, 0.2) is 21.5 Å². The maximum absolute atomic E-state index is 13.1. The number of para-hydroxylation sites is 2. The number of nitrogens with zero attached hydrogens (tertiary/aromatic N) is 4. The second-order valence-corrected chi connectivity index (χ2v) is 8.55. The van der Waals surface area contributed by atoms with Gasteiger partial charge in [0, 0.05) is 32.0 Å². The largest absolute Gasteiger partial charge is 0.355 e. The van der Waals surface area contributed by atoms with E-state index in [1.165, 1.54) is 24.3 Å². The zero-order chi connectivity index (χ0) is 19.2. The Morgan fingerprint density at radius 3 is 2.11 bits per heavy atom. The van der Waals surface area contributed by atoms with E-state index in [-0.39, 0.29) is 10.8 Å². The second-order valence-electron chi connectivity index (χ2n) is 6.53. The Bertz CT molecular complexity index is 1140. The number of amides is 1. The number of sulfone groups is 1. The van der Waals surface area contributed by atoms with Crippen molar-refractivity contribution in [3.63, 3.8) is 0 Å². The number of carbonyl (C=O) groups excluding carboxylic acids is 1. The molecule has 1 aliphatic rings. The van der Waals surface area contributed by atoms with E-state index in [2.05, 4.69) is 9.97 Å². The van der Waals surface area contributed by atoms with Crippen LogP contribution in [-0.2, 0) is 9.84 Å². The Labute approximate surface area is 157 Å². The predicted molar refractivity (Wildman–Crippen MR) is 104 cm³/mol. The summed E-state index contributed by atoms with van der Waals surface area (Å²) >= 11 is 0. The molecule has 0 radical (unpaired) electrons. The Morgan fingerprint density at radius 1 is 0.926 bits per heavy atom. The molecule has 2 aromatic carbocycles. The first-order chi connectivity index (χ1) is 12.8. The first kappa shape index (κ1) is 17.4. The number of fused-ring (bicyclic) bond motifs is 2. The highest BCUT2D eigenvalue weighted by atomic mass is 32.2. The monoisotopic (exact) mass is 382 g/mol. The molecule has 8 heteroatoms. The van der Waals surface area contributed by atoms with Crippen molar-refractivity contribution in [2.45, 2.75) is 4.90 Å². The summed E-state index contributed by atoms with van der Waals surface area (Å²) in [5.74, 6) is 0.940. The summed E-state index contributed by atoms with van der Waals surface area (Å²) in [7, 11) is -1.38. The number of aromatic nitrogens is 2. The van der Waals surface area contributed by atoms with E-state index in [9.17, 15) is 13.2 Å². The average molecular weight is 382 g/mol. The number of anilines is 2. The molecule has 7 nitrogen and oxygen atoms in total. The smallest absolute Gasteiger partial charge is 0.259 e. The fourth-order valence-corrected chi connectivity index (χ4v) is 3.71. The van der Waals surface area contributed by atoms with Crippen LogP contribution in [0.3, 0.4) is 0 Å². The molecule has 0 saturated carbocycles. The quantitative estimate of drug-likeness (QED) is 0.675. The lowest BCUT2D eigenvalue weighted by Crippen LogP contribution is -2.43. The Balaban J connectivity index is 1.76. The molecule has 0 unspecified atom stereocenters. The van der Waals surface area contributed by atoms with Gasteiger partial charge in [0.05, 0.1) is 15.9 Å². The lowest BCUT2D eigenvalue weighted by atomic mass is 10.2. The van der Waals surface area contributed by atoms with Crippen LogP contribution in [0.25, 0.3) is 11.0 Å². The van der Waals surface area contributed by atoms with Crippen LogP contribution < -0.4 is 9.80 Å². The van der Waals surface area contributed by atoms with E-state index in [4.69, 9.17) is 0 Å². The van der Waals surface area contributed by atoms with Gasteiger partial charge in [0.1, 0.15) is 0 Å². The average Bonchev–Trinajstić information content (AvgIpc) is 2.66. The van der Waals surface area contributed by atoms with Crippen molar-refractivity contribution in [3.05, 3.63) is 54.1 Å². The lowest BCUT2D eigenvalue weighted by Gasteiger charge is -2.33. The van der Waals surface area contributed by atoms with Crippen LogP contribution in [0.2, 0.25) is 0 Å². The maximum atomic E-state index is 13.1. The molecular weight excluding hydrogens is 364 g/mol. The zero-order valence-electron chi connectivity index (χ0n) is 15.0. The van der Waals surface area contributed by atoms with E-state index in [1.807, 2.05) is 36.2 Å². The van der Waals surface area contributed by atoms with E-state index < -0.39 is 9.84 Å². The van der Waals surface area contributed by atoms with Crippen LogP contribution in [0.5, 0.6) is 0 Å². The number of hydrogen-bond donors (Lipinski definition) is 0. The van der Waals surface area contributed by atoms with E-state index in [1.54, 1.807) is 4.90 Å². The molecule has 0 aliphatic carbocycles. The number of hydrogen-bond acceptors (Lipinski definition) is 6. The number of benzene rings is 2. The van der Waals surface area contributed by atoms with Gasteiger partial charge in [0.25, 0.3) is 5.91 Å². The van der Waals surface area contributed by atoms with Gasteiger partial charge >= 0.3 is 0 Å². The Kier molecular flexibility index (Phi) is 4.07. The Hall–Kier alpha value is -3.00. The normalized spacial score (nSPS) is 14.3. The minimum Gasteiger partial charge on any atom is -0.355 e. The number of rotatable bonds is 2. The van der Waals surface area contributed by atoms with E-state index in [0.29, 0.717) is 30.3 Å². The Morgan fingerprint density at radius 2 is 1.52 bits per heavy atom. The molecule has 4 rings (SSSR count). The van der Waals surface area contributed by atoms with Crippen molar-refractivity contribution in [3.8, 4) is 0 Å². The van der Waals surface area contributed by atoms with Crippen LogP contribution in [0.4, 0.5) is 11.6 Å². The molecule has 0 saturated heterocycles. The van der Waals surface area contributed by atoms with E-state index in [0.717, 1.165) is 17.3 Å². The molecule has 0 fully saturated rings. The molecular formula is C19H18N4O3S. The highest BCUT2D eigenvalue weighted by molar-refractivity contribution is 7.90. The molecule has 2 heterocycles. The molecule has 1 amide bonds. The van der Waals surface area contributed by atoms with Crippen LogP contribution in [0, 0.1) is 0 Å². The zero-order valence-corrected chi connectivity index (χ0v) is 15.8. The molecule has 0 N–H and O–H groups in total. The van der Waals surface area contributed by atoms with Crippen molar-refractivity contribution in [2.75, 3.05) is 36.2 Å². The van der Waals surface area contributed by atoms with Gasteiger partial charge in [-0.25, -0.2) is 18.4 Å². The predicted octanol–water partition coefficient (Wildman–Crippen LogP) is 2.13. The van der Waals surface area contributed by atoms with Gasteiger partial charge in [-0.05, 0) is 36.4 Å². The van der Waals surface area contributed by atoms with Gasteiger partial charge in [-0.2, -0.15) is 0 Å². The number of likely N-dealkylation sites (N-methyl/N-ethyl adjacent to an activating group) is 1. The summed E-state index contributed by atoms with van der Waals surface area (Å²) in [5.41, 5.74) is 1.90. The van der Waals surface area contributed by atoms with E-state index >= 15 is 0 Å². The summed E-state index contributed by atoms with van der Waals surface area (Å²) in [6.07, 6.45) is 1.14. The van der Waals surface area contributed by atoms with Crippen molar-refractivity contribution >= 4 is 38.4 Å². The third-order valence-corrected chi connectivity index (χ3v) is 5.71. The van der Waals surface area contributed by atoms with Gasteiger partial charge in [-0.3, -0.25) is 9.69 Å². The van der Waals surface area contributed by atoms with Crippen LogP contribution in [0.15, 0.2) is 53.4 Å². The molecule has 0 spiro atoms. The third kappa shape index (κ3) is 3.12. The maximum Gasteiger partial charge on any atom is 0.259 e. The van der Waals surface area contributed by atoms with Crippen LogP contribution in [0.1, 0.15) is 10.4 Å². The summed E-state index contributed by atoms with van der Waals surface area (Å²) in [5, 5.41) is 0. The van der Waals surface area contributed by atoms with Crippen LogP contribution >= 0.6 is 0 Å². The van der Waals surface area contributed by atoms with Crippen molar-refractivity contribution in [1.82, 2.24) is 9.97 Å².